The number of amides is 1. The standard InChI is InChI=1S/C16H12BrNO3/c17-11-7-5-10(6-8-11)14(19)9-16(21)12-3-1-2-4-13(12)18-15(16)20/h1-8,21H,9H2,(H,18,20)/t16-/m1/s1. The Kier molecular flexibility index (Phi) is 3.39. The van der Waals surface area contributed by atoms with Crippen molar-refractivity contribution in [1.29, 1.82) is 0 Å². The second-order valence-electron chi connectivity index (χ2n) is 4.97. The van der Waals surface area contributed by atoms with E-state index in [1.54, 1.807) is 48.5 Å². The quantitative estimate of drug-likeness (QED) is 0.840. The summed E-state index contributed by atoms with van der Waals surface area (Å²) in [6.45, 7) is 0. The Bertz CT molecular complexity index is 727. The zero-order valence-corrected chi connectivity index (χ0v) is 12.6. The van der Waals surface area contributed by atoms with Crippen LogP contribution in [0, 0.1) is 0 Å². The summed E-state index contributed by atoms with van der Waals surface area (Å²) in [5.74, 6) is -0.842. The van der Waals surface area contributed by atoms with Gasteiger partial charge in [-0.1, -0.05) is 46.3 Å². The Morgan fingerprint density at radius 3 is 2.52 bits per heavy atom. The molecule has 0 aromatic heterocycles. The Morgan fingerprint density at radius 2 is 1.81 bits per heavy atom. The van der Waals surface area contributed by atoms with Gasteiger partial charge in [-0.05, 0) is 18.2 Å². The van der Waals surface area contributed by atoms with Crippen LogP contribution in [-0.2, 0) is 10.4 Å². The van der Waals surface area contributed by atoms with Gasteiger partial charge in [-0.3, -0.25) is 9.59 Å². The summed E-state index contributed by atoms with van der Waals surface area (Å²) in [5.41, 5.74) is -0.348. The Balaban J connectivity index is 1.92. The number of halogens is 1. The van der Waals surface area contributed by atoms with E-state index in [2.05, 4.69) is 21.2 Å². The van der Waals surface area contributed by atoms with E-state index in [9.17, 15) is 14.7 Å². The fourth-order valence-corrected chi connectivity index (χ4v) is 2.71. The molecule has 3 rings (SSSR count). The molecule has 21 heavy (non-hydrogen) atoms. The summed E-state index contributed by atoms with van der Waals surface area (Å²) in [6, 6.07) is 13.7. The lowest BCUT2D eigenvalue weighted by Gasteiger charge is -2.19. The van der Waals surface area contributed by atoms with Gasteiger partial charge in [0.25, 0.3) is 5.91 Å². The summed E-state index contributed by atoms with van der Waals surface area (Å²) >= 11 is 3.30. The summed E-state index contributed by atoms with van der Waals surface area (Å²) in [6.07, 6.45) is -0.280. The van der Waals surface area contributed by atoms with E-state index in [-0.39, 0.29) is 12.2 Å². The molecule has 1 heterocycles. The van der Waals surface area contributed by atoms with Crippen LogP contribution < -0.4 is 5.32 Å². The molecule has 0 aliphatic carbocycles. The third kappa shape index (κ3) is 2.39. The molecule has 4 nitrogen and oxygen atoms in total. The zero-order chi connectivity index (χ0) is 15.0. The number of Topliss-reactive ketones (excluding diaryl/α,β-unsaturated/α-hetero) is 1. The van der Waals surface area contributed by atoms with Crippen molar-refractivity contribution in [3.8, 4) is 0 Å². The first-order chi connectivity index (χ1) is 10.0. The number of rotatable bonds is 3. The molecule has 0 unspecified atom stereocenters. The number of fused-ring (bicyclic) bond motifs is 1. The first-order valence-electron chi connectivity index (χ1n) is 6.43. The minimum absolute atomic E-state index is 0.280. The van der Waals surface area contributed by atoms with E-state index >= 15 is 0 Å². The average Bonchev–Trinajstić information content (AvgIpc) is 2.71. The van der Waals surface area contributed by atoms with Crippen LogP contribution in [-0.4, -0.2) is 16.8 Å². The molecule has 2 aromatic carbocycles. The van der Waals surface area contributed by atoms with Crippen LogP contribution in [0.1, 0.15) is 22.3 Å². The molecule has 0 radical (unpaired) electrons. The average molecular weight is 346 g/mol. The normalized spacial score (nSPS) is 20.0. The summed E-state index contributed by atoms with van der Waals surface area (Å²) in [4.78, 5) is 24.4. The first kappa shape index (κ1) is 14.0. The number of hydrogen-bond donors (Lipinski definition) is 2. The van der Waals surface area contributed by atoms with Crippen molar-refractivity contribution in [1.82, 2.24) is 0 Å². The van der Waals surface area contributed by atoms with E-state index in [0.29, 0.717) is 16.8 Å². The number of aliphatic hydroxyl groups is 1. The third-order valence-corrected chi connectivity index (χ3v) is 4.11. The summed E-state index contributed by atoms with van der Waals surface area (Å²) < 4.78 is 0.863. The van der Waals surface area contributed by atoms with Crippen LogP contribution in [0.25, 0.3) is 0 Å². The van der Waals surface area contributed by atoms with Crippen molar-refractivity contribution >= 4 is 33.3 Å². The zero-order valence-electron chi connectivity index (χ0n) is 11.0. The maximum Gasteiger partial charge on any atom is 0.261 e. The topological polar surface area (TPSA) is 66.4 Å². The molecular weight excluding hydrogens is 334 g/mol. The molecule has 1 aliphatic rings. The van der Waals surface area contributed by atoms with E-state index < -0.39 is 11.5 Å². The number of hydrogen-bond acceptors (Lipinski definition) is 3. The van der Waals surface area contributed by atoms with Crippen LogP contribution >= 0.6 is 15.9 Å². The highest BCUT2D eigenvalue weighted by atomic mass is 79.9. The van der Waals surface area contributed by atoms with Crippen molar-refractivity contribution in [2.75, 3.05) is 5.32 Å². The van der Waals surface area contributed by atoms with Crippen molar-refractivity contribution in [2.45, 2.75) is 12.0 Å². The van der Waals surface area contributed by atoms with Crippen molar-refractivity contribution < 1.29 is 14.7 Å². The van der Waals surface area contributed by atoms with Gasteiger partial charge in [0, 0.05) is 21.3 Å². The minimum Gasteiger partial charge on any atom is -0.375 e. The first-order valence-corrected chi connectivity index (χ1v) is 7.22. The predicted octanol–water partition coefficient (Wildman–Crippen LogP) is 2.86. The molecule has 1 atom stereocenters. The van der Waals surface area contributed by atoms with E-state index in [0.717, 1.165) is 4.47 Å². The number of carbonyl (C=O) groups is 2. The SMILES string of the molecule is O=C(C[C@]1(O)C(=O)Nc2ccccc21)c1ccc(Br)cc1. The van der Waals surface area contributed by atoms with Crippen LogP contribution in [0.2, 0.25) is 0 Å². The van der Waals surface area contributed by atoms with Gasteiger partial charge in [0.1, 0.15) is 0 Å². The molecule has 0 saturated carbocycles. The predicted molar refractivity (Wildman–Crippen MR) is 82.1 cm³/mol. The van der Waals surface area contributed by atoms with E-state index in [1.807, 2.05) is 0 Å². The molecule has 5 heteroatoms. The Labute approximate surface area is 129 Å². The third-order valence-electron chi connectivity index (χ3n) is 3.58. The molecule has 1 amide bonds. The number of carbonyl (C=O) groups excluding carboxylic acids is 2. The molecule has 0 fully saturated rings. The van der Waals surface area contributed by atoms with Crippen molar-refractivity contribution in [3.63, 3.8) is 0 Å². The van der Waals surface area contributed by atoms with Gasteiger partial charge in [-0.15, -0.1) is 0 Å². The molecule has 0 spiro atoms. The summed E-state index contributed by atoms with van der Waals surface area (Å²) in [7, 11) is 0. The van der Waals surface area contributed by atoms with E-state index in [4.69, 9.17) is 0 Å². The van der Waals surface area contributed by atoms with Crippen LogP contribution in [0.4, 0.5) is 5.69 Å². The van der Waals surface area contributed by atoms with Crippen molar-refractivity contribution in [3.05, 3.63) is 64.1 Å². The van der Waals surface area contributed by atoms with Gasteiger partial charge in [-0.2, -0.15) is 0 Å². The summed E-state index contributed by atoms with van der Waals surface area (Å²) in [5, 5.41) is 13.3. The maximum absolute atomic E-state index is 12.3. The number of nitrogens with one attached hydrogen (secondary N) is 1. The molecule has 0 saturated heterocycles. The lowest BCUT2D eigenvalue weighted by atomic mass is 9.88. The lowest BCUT2D eigenvalue weighted by Crippen LogP contribution is -2.36. The van der Waals surface area contributed by atoms with Gasteiger partial charge in [-0.25, -0.2) is 0 Å². The largest absolute Gasteiger partial charge is 0.375 e. The number of para-hydroxylation sites is 1. The second-order valence-corrected chi connectivity index (χ2v) is 5.88. The van der Waals surface area contributed by atoms with Gasteiger partial charge >= 0.3 is 0 Å². The number of anilines is 1. The van der Waals surface area contributed by atoms with Crippen LogP contribution in [0.15, 0.2) is 53.0 Å². The van der Waals surface area contributed by atoms with Gasteiger partial charge < -0.3 is 10.4 Å². The number of benzene rings is 2. The van der Waals surface area contributed by atoms with Gasteiger partial charge in [0.05, 0.1) is 6.42 Å². The molecular formula is C16H12BrNO3. The fourth-order valence-electron chi connectivity index (χ4n) is 2.45. The number of ketones is 1. The van der Waals surface area contributed by atoms with Crippen LogP contribution in [0.3, 0.4) is 0 Å². The highest BCUT2D eigenvalue weighted by Gasteiger charge is 2.46. The highest BCUT2D eigenvalue weighted by molar-refractivity contribution is 9.10. The fraction of sp³-hybridized carbons (Fsp3) is 0.125. The lowest BCUT2D eigenvalue weighted by molar-refractivity contribution is -0.133. The van der Waals surface area contributed by atoms with Gasteiger partial charge in [0.15, 0.2) is 11.4 Å². The molecule has 1 aliphatic heterocycles. The Morgan fingerprint density at radius 1 is 1.14 bits per heavy atom. The van der Waals surface area contributed by atoms with Gasteiger partial charge in [0.2, 0.25) is 0 Å². The highest BCUT2D eigenvalue weighted by Crippen LogP contribution is 2.38. The van der Waals surface area contributed by atoms with E-state index in [1.165, 1.54) is 0 Å². The molecule has 2 N–H and O–H groups in total. The maximum atomic E-state index is 12.3. The Hall–Kier alpha value is -1.98. The molecule has 106 valence electrons. The second kappa shape index (κ2) is 5.09. The van der Waals surface area contributed by atoms with Crippen molar-refractivity contribution in [2.24, 2.45) is 0 Å². The minimum atomic E-state index is -1.80. The molecule has 0 bridgehead atoms. The van der Waals surface area contributed by atoms with Crippen LogP contribution in [0.5, 0.6) is 0 Å². The monoisotopic (exact) mass is 345 g/mol. The molecule has 2 aromatic rings. The smallest absolute Gasteiger partial charge is 0.261 e.